The standard InChI is InChI=1S/C22H28N8O2/c1-15-7-6-10-18-20(15)22(31)30(17-8-4-3-5-9-17)21(28-18)19(12-27-32)29(24)13-16(25-2)11-26-14-23/h3-11,13,19,21,25,28H,12,14,23-24H2,1-2H3/b16-13-,26-11-. The quantitative estimate of drug-likeness (QED) is 0.203. The van der Waals surface area contributed by atoms with E-state index in [0.717, 1.165) is 5.56 Å². The number of anilines is 2. The summed E-state index contributed by atoms with van der Waals surface area (Å²) in [5.41, 5.74) is 8.80. The molecule has 0 spiro atoms. The minimum Gasteiger partial charge on any atom is -0.386 e. The molecule has 168 valence electrons. The van der Waals surface area contributed by atoms with E-state index in [1.165, 1.54) is 5.01 Å². The van der Waals surface area contributed by atoms with Crippen molar-refractivity contribution in [2.24, 2.45) is 21.7 Å². The zero-order valence-electron chi connectivity index (χ0n) is 18.1. The van der Waals surface area contributed by atoms with Gasteiger partial charge in [-0.25, -0.2) is 5.84 Å². The molecular formula is C22H28N8O2. The lowest BCUT2D eigenvalue weighted by Crippen LogP contribution is -2.61. The number of hydrogen-bond donors (Lipinski definition) is 4. The smallest absolute Gasteiger partial charge is 0.262 e. The highest BCUT2D eigenvalue weighted by atomic mass is 16.3. The van der Waals surface area contributed by atoms with Gasteiger partial charge in [0, 0.05) is 30.8 Å². The molecule has 0 fully saturated rings. The van der Waals surface area contributed by atoms with E-state index < -0.39 is 12.2 Å². The maximum Gasteiger partial charge on any atom is 0.262 e. The van der Waals surface area contributed by atoms with Gasteiger partial charge in [-0.1, -0.05) is 35.5 Å². The molecule has 0 bridgehead atoms. The number of para-hydroxylation sites is 1. The van der Waals surface area contributed by atoms with Gasteiger partial charge < -0.3 is 21.4 Å². The number of carbonyl (C=O) groups excluding carboxylic acids is 1. The van der Waals surface area contributed by atoms with Gasteiger partial charge in [-0.3, -0.25) is 14.7 Å². The molecule has 1 amide bonds. The first-order chi connectivity index (χ1) is 15.5. The zero-order chi connectivity index (χ0) is 23.1. The lowest BCUT2D eigenvalue weighted by atomic mass is 9.99. The minimum atomic E-state index is -0.681. The van der Waals surface area contributed by atoms with Crippen LogP contribution in [-0.4, -0.2) is 49.6 Å². The second-order valence-electron chi connectivity index (χ2n) is 7.25. The Bertz CT molecular complexity index is 1010. The van der Waals surface area contributed by atoms with Crippen molar-refractivity contribution in [3.63, 3.8) is 0 Å². The Morgan fingerprint density at radius 3 is 2.69 bits per heavy atom. The lowest BCUT2D eigenvalue weighted by Gasteiger charge is -2.43. The summed E-state index contributed by atoms with van der Waals surface area (Å²) in [6.07, 6.45) is 2.47. The maximum atomic E-state index is 13.7. The summed E-state index contributed by atoms with van der Waals surface area (Å²) in [7, 11) is 1.72. The lowest BCUT2D eigenvalue weighted by molar-refractivity contribution is 0.0958. The molecule has 0 aliphatic carbocycles. The van der Waals surface area contributed by atoms with E-state index in [4.69, 9.17) is 11.6 Å². The summed E-state index contributed by atoms with van der Waals surface area (Å²) in [5, 5.41) is 10.8. The highest BCUT2D eigenvalue weighted by molar-refractivity contribution is 6.13. The summed E-state index contributed by atoms with van der Waals surface area (Å²) in [4.78, 5) is 30.6. The van der Waals surface area contributed by atoms with E-state index in [0.29, 0.717) is 22.6 Å². The van der Waals surface area contributed by atoms with Crippen molar-refractivity contribution in [3.05, 3.63) is 76.5 Å². The molecule has 1 heterocycles. The van der Waals surface area contributed by atoms with Gasteiger partial charge in [0.1, 0.15) is 18.8 Å². The van der Waals surface area contributed by atoms with Crippen LogP contribution in [0.3, 0.4) is 0 Å². The number of amides is 1. The molecule has 3 rings (SSSR count). The molecule has 1 aliphatic heterocycles. The molecule has 2 unspecified atom stereocenters. The number of nitrogens with two attached hydrogens (primary N) is 2. The Morgan fingerprint density at radius 1 is 1.28 bits per heavy atom. The zero-order valence-corrected chi connectivity index (χ0v) is 18.1. The number of benzene rings is 2. The highest BCUT2D eigenvalue weighted by Crippen LogP contribution is 2.33. The Hall–Kier alpha value is -3.76. The molecule has 10 heteroatoms. The van der Waals surface area contributed by atoms with E-state index in [1.807, 2.05) is 55.5 Å². The highest BCUT2D eigenvalue weighted by Gasteiger charge is 2.40. The SMILES string of the molecule is CNC(/C=N\CN)=C\N(N)C(CN=O)C1Nc2cccc(C)c2C(=O)N1c1ccccc1. The van der Waals surface area contributed by atoms with Gasteiger partial charge in [0.15, 0.2) is 0 Å². The normalized spacial score (nSPS) is 17.0. The largest absolute Gasteiger partial charge is 0.386 e. The van der Waals surface area contributed by atoms with E-state index in [-0.39, 0.29) is 19.1 Å². The van der Waals surface area contributed by atoms with Crippen molar-refractivity contribution in [2.45, 2.75) is 19.1 Å². The Labute approximate surface area is 186 Å². The van der Waals surface area contributed by atoms with Gasteiger partial charge in [0.25, 0.3) is 5.91 Å². The number of fused-ring (bicyclic) bond motifs is 1. The first kappa shape index (κ1) is 22.9. The van der Waals surface area contributed by atoms with E-state index in [9.17, 15) is 9.70 Å². The number of nitrogens with zero attached hydrogens (tertiary/aromatic N) is 4. The summed E-state index contributed by atoms with van der Waals surface area (Å²) in [6.45, 7) is 1.85. The van der Waals surface area contributed by atoms with Crippen molar-refractivity contribution < 1.29 is 4.79 Å². The summed E-state index contributed by atoms with van der Waals surface area (Å²) >= 11 is 0. The van der Waals surface area contributed by atoms with Crippen LogP contribution in [-0.2, 0) is 0 Å². The van der Waals surface area contributed by atoms with Crippen molar-refractivity contribution in [1.82, 2.24) is 10.3 Å². The molecule has 0 saturated carbocycles. The van der Waals surface area contributed by atoms with Gasteiger partial charge in [-0.2, -0.15) is 4.91 Å². The number of rotatable bonds is 9. The minimum absolute atomic E-state index is 0.125. The van der Waals surface area contributed by atoms with Crippen molar-refractivity contribution in [2.75, 3.05) is 30.5 Å². The molecule has 0 aromatic heterocycles. The van der Waals surface area contributed by atoms with Gasteiger partial charge in [0.2, 0.25) is 0 Å². The molecule has 0 saturated heterocycles. The fourth-order valence-corrected chi connectivity index (χ4v) is 3.68. The van der Waals surface area contributed by atoms with Gasteiger partial charge >= 0.3 is 0 Å². The van der Waals surface area contributed by atoms with Crippen LogP contribution in [0.1, 0.15) is 15.9 Å². The van der Waals surface area contributed by atoms with Crippen LogP contribution in [0.25, 0.3) is 0 Å². The fourth-order valence-electron chi connectivity index (χ4n) is 3.68. The topological polar surface area (TPSA) is 141 Å². The fraction of sp³-hybridized carbons (Fsp3) is 0.273. The molecule has 6 N–H and O–H groups in total. The Balaban J connectivity index is 2.08. The van der Waals surface area contributed by atoms with Crippen LogP contribution in [0.4, 0.5) is 11.4 Å². The van der Waals surface area contributed by atoms with E-state index in [1.54, 1.807) is 24.4 Å². The van der Waals surface area contributed by atoms with Gasteiger partial charge in [-0.15, -0.1) is 0 Å². The average Bonchev–Trinajstić information content (AvgIpc) is 2.80. The van der Waals surface area contributed by atoms with E-state index in [2.05, 4.69) is 20.8 Å². The number of nitroso groups, excluding NO2 is 1. The first-order valence-corrected chi connectivity index (χ1v) is 10.2. The molecule has 32 heavy (non-hydrogen) atoms. The van der Waals surface area contributed by atoms with Crippen LogP contribution in [0.2, 0.25) is 0 Å². The second kappa shape index (κ2) is 10.5. The third kappa shape index (κ3) is 4.76. The average molecular weight is 437 g/mol. The van der Waals surface area contributed by atoms with Crippen molar-refractivity contribution in [3.8, 4) is 0 Å². The maximum absolute atomic E-state index is 13.7. The number of hydrogen-bond acceptors (Lipinski definition) is 9. The molecular weight excluding hydrogens is 408 g/mol. The number of hydrazine groups is 1. The molecule has 2 aromatic rings. The number of allylic oxidation sites excluding steroid dienone is 1. The third-order valence-electron chi connectivity index (χ3n) is 5.24. The Kier molecular flexibility index (Phi) is 7.53. The van der Waals surface area contributed by atoms with Gasteiger partial charge in [0.05, 0.1) is 17.9 Å². The molecule has 10 nitrogen and oxygen atoms in total. The molecule has 0 radical (unpaired) electrons. The number of nitrogens with one attached hydrogen (secondary N) is 2. The predicted molar refractivity (Wildman–Crippen MR) is 127 cm³/mol. The van der Waals surface area contributed by atoms with Crippen LogP contribution < -0.4 is 27.1 Å². The van der Waals surface area contributed by atoms with Crippen molar-refractivity contribution in [1.29, 1.82) is 0 Å². The monoisotopic (exact) mass is 436 g/mol. The second-order valence-corrected chi connectivity index (χ2v) is 7.25. The third-order valence-corrected chi connectivity index (χ3v) is 5.24. The van der Waals surface area contributed by atoms with Crippen molar-refractivity contribution >= 4 is 23.5 Å². The molecule has 1 aliphatic rings. The van der Waals surface area contributed by atoms with Crippen LogP contribution >= 0.6 is 0 Å². The van der Waals surface area contributed by atoms with Crippen LogP contribution in [0.15, 0.2) is 70.6 Å². The number of aryl methyl sites for hydroxylation is 1. The van der Waals surface area contributed by atoms with Crippen LogP contribution in [0.5, 0.6) is 0 Å². The van der Waals surface area contributed by atoms with Gasteiger partial charge in [-0.05, 0) is 30.7 Å². The number of carbonyl (C=O) groups is 1. The Morgan fingerprint density at radius 2 is 2.03 bits per heavy atom. The molecule has 2 aromatic carbocycles. The summed E-state index contributed by atoms with van der Waals surface area (Å²) in [5.74, 6) is 6.19. The van der Waals surface area contributed by atoms with Crippen LogP contribution in [0, 0.1) is 11.8 Å². The van der Waals surface area contributed by atoms with E-state index >= 15 is 0 Å². The summed E-state index contributed by atoms with van der Waals surface area (Å²) < 4.78 is 0. The number of aliphatic imine (C=N–C) groups is 1. The summed E-state index contributed by atoms with van der Waals surface area (Å²) in [6, 6.07) is 14.2. The predicted octanol–water partition coefficient (Wildman–Crippen LogP) is 1.75. The first-order valence-electron chi connectivity index (χ1n) is 10.2. The molecule has 2 atom stereocenters.